The molecule has 1 amide bonds. The first-order valence-corrected chi connectivity index (χ1v) is 10.7. The Morgan fingerprint density at radius 3 is 2.60 bits per heavy atom. The van der Waals surface area contributed by atoms with E-state index in [0.717, 1.165) is 23.6 Å². The van der Waals surface area contributed by atoms with E-state index in [1.807, 2.05) is 54.0 Å². The van der Waals surface area contributed by atoms with Crippen LogP contribution in [0.5, 0.6) is 5.75 Å². The summed E-state index contributed by atoms with van der Waals surface area (Å²) in [5, 5.41) is 12.1. The van der Waals surface area contributed by atoms with Crippen molar-refractivity contribution in [1.29, 1.82) is 0 Å². The van der Waals surface area contributed by atoms with Crippen molar-refractivity contribution in [1.82, 2.24) is 20.1 Å². The van der Waals surface area contributed by atoms with Crippen LogP contribution in [0.2, 0.25) is 0 Å². The zero-order chi connectivity index (χ0) is 21.3. The first-order chi connectivity index (χ1) is 14.6. The predicted molar refractivity (Wildman–Crippen MR) is 121 cm³/mol. The maximum atomic E-state index is 12.5. The van der Waals surface area contributed by atoms with E-state index < -0.39 is 0 Å². The summed E-state index contributed by atoms with van der Waals surface area (Å²) in [6.07, 6.45) is 2.60. The van der Waals surface area contributed by atoms with Crippen molar-refractivity contribution in [3.05, 3.63) is 72.8 Å². The first kappa shape index (κ1) is 21.6. The third kappa shape index (κ3) is 5.51. The highest BCUT2D eigenvalue weighted by molar-refractivity contribution is 8.00. The van der Waals surface area contributed by atoms with E-state index in [1.165, 1.54) is 17.3 Å². The normalized spacial score (nSPS) is 11.7. The molecule has 7 heteroatoms. The summed E-state index contributed by atoms with van der Waals surface area (Å²) in [5.74, 6) is 1.50. The second-order valence-corrected chi connectivity index (χ2v) is 8.03. The molecule has 1 aromatic heterocycles. The van der Waals surface area contributed by atoms with Crippen LogP contribution in [-0.4, -0.2) is 39.6 Å². The molecule has 0 aliphatic rings. The molecule has 1 atom stereocenters. The van der Waals surface area contributed by atoms with Crippen LogP contribution < -0.4 is 10.1 Å². The number of nitrogens with zero attached hydrogens (tertiary/aromatic N) is 3. The molecule has 156 valence electrons. The Kier molecular flexibility index (Phi) is 7.68. The molecule has 1 heterocycles. The fourth-order valence-electron chi connectivity index (χ4n) is 2.95. The third-order valence-corrected chi connectivity index (χ3v) is 5.66. The van der Waals surface area contributed by atoms with Gasteiger partial charge in [0, 0.05) is 18.7 Å². The topological polar surface area (TPSA) is 69.0 Å². The van der Waals surface area contributed by atoms with Crippen LogP contribution in [0.4, 0.5) is 0 Å². The average molecular weight is 423 g/mol. The number of rotatable bonds is 10. The number of carbonyl (C=O) groups is 1. The lowest BCUT2D eigenvalue weighted by atomic mass is 10.1. The number of hydrogen-bond acceptors (Lipinski definition) is 5. The number of ether oxygens (including phenoxy) is 1. The molecule has 0 saturated heterocycles. The highest BCUT2D eigenvalue weighted by atomic mass is 32.2. The van der Waals surface area contributed by atoms with Crippen LogP contribution in [0, 0.1) is 0 Å². The van der Waals surface area contributed by atoms with Crippen LogP contribution in [-0.2, 0) is 17.8 Å². The lowest BCUT2D eigenvalue weighted by Crippen LogP contribution is -2.32. The summed E-state index contributed by atoms with van der Waals surface area (Å²) < 4.78 is 7.19. The van der Waals surface area contributed by atoms with Crippen LogP contribution in [0.25, 0.3) is 11.4 Å². The van der Waals surface area contributed by atoms with Gasteiger partial charge in [-0.25, -0.2) is 0 Å². The standard InChI is InChI=1S/C23H26N4O2S/c1-4-16-27-21(19-10-12-20(29-3)13-11-19)25-26-23(27)30-17(2)22(28)24-15-14-18-8-6-5-7-9-18/h4-13,17H,1,14-16H2,2-3H3,(H,24,28)/t17-/m0/s1. The SMILES string of the molecule is C=CCn1c(S[C@@H](C)C(=O)NCCc2ccccc2)nnc1-c1ccc(OC)cc1. The van der Waals surface area contributed by atoms with Gasteiger partial charge >= 0.3 is 0 Å². The number of aromatic nitrogens is 3. The summed E-state index contributed by atoms with van der Waals surface area (Å²) in [6, 6.07) is 17.8. The maximum Gasteiger partial charge on any atom is 0.233 e. The van der Waals surface area contributed by atoms with Crippen LogP contribution in [0.1, 0.15) is 12.5 Å². The molecular formula is C23H26N4O2S. The Hall–Kier alpha value is -3.06. The van der Waals surface area contributed by atoms with Gasteiger partial charge in [0.2, 0.25) is 5.91 Å². The number of benzene rings is 2. The summed E-state index contributed by atoms with van der Waals surface area (Å²) in [4.78, 5) is 12.5. The average Bonchev–Trinajstić information content (AvgIpc) is 3.17. The van der Waals surface area contributed by atoms with Crippen molar-refractivity contribution in [2.75, 3.05) is 13.7 Å². The second kappa shape index (κ2) is 10.6. The van der Waals surface area contributed by atoms with Crippen LogP contribution in [0.15, 0.2) is 72.4 Å². The third-order valence-electron chi connectivity index (χ3n) is 4.58. The van der Waals surface area contributed by atoms with Crippen molar-refractivity contribution in [2.45, 2.75) is 30.3 Å². The molecule has 0 radical (unpaired) electrons. The van der Waals surface area contributed by atoms with Crippen molar-refractivity contribution >= 4 is 17.7 Å². The lowest BCUT2D eigenvalue weighted by molar-refractivity contribution is -0.120. The molecule has 1 N–H and O–H groups in total. The predicted octanol–water partition coefficient (Wildman–Crippen LogP) is 3.98. The molecule has 0 aliphatic heterocycles. The zero-order valence-electron chi connectivity index (χ0n) is 17.2. The molecule has 6 nitrogen and oxygen atoms in total. The van der Waals surface area contributed by atoms with Gasteiger partial charge < -0.3 is 10.1 Å². The lowest BCUT2D eigenvalue weighted by Gasteiger charge is -2.13. The monoisotopic (exact) mass is 422 g/mol. The molecule has 0 saturated carbocycles. The van der Waals surface area contributed by atoms with Gasteiger partial charge in [-0.2, -0.15) is 0 Å². The Morgan fingerprint density at radius 1 is 1.20 bits per heavy atom. The molecule has 0 bridgehead atoms. The van der Waals surface area contributed by atoms with Crippen LogP contribution >= 0.6 is 11.8 Å². The zero-order valence-corrected chi connectivity index (χ0v) is 18.1. The maximum absolute atomic E-state index is 12.5. The number of nitrogens with one attached hydrogen (secondary N) is 1. The van der Waals surface area contributed by atoms with Gasteiger partial charge in [-0.05, 0) is 43.2 Å². The molecule has 3 aromatic rings. The van der Waals surface area contributed by atoms with Crippen molar-refractivity contribution < 1.29 is 9.53 Å². The van der Waals surface area contributed by atoms with Gasteiger partial charge in [0.25, 0.3) is 0 Å². The highest BCUT2D eigenvalue weighted by Gasteiger charge is 2.20. The molecule has 0 aliphatic carbocycles. The van der Waals surface area contributed by atoms with E-state index in [-0.39, 0.29) is 11.2 Å². The largest absolute Gasteiger partial charge is 0.497 e. The quantitative estimate of drug-likeness (QED) is 0.395. The molecular weight excluding hydrogens is 396 g/mol. The molecule has 2 aromatic carbocycles. The molecule has 0 unspecified atom stereocenters. The number of hydrogen-bond donors (Lipinski definition) is 1. The number of methoxy groups -OCH3 is 1. The minimum Gasteiger partial charge on any atom is -0.497 e. The van der Waals surface area contributed by atoms with E-state index in [1.54, 1.807) is 13.2 Å². The summed E-state index contributed by atoms with van der Waals surface area (Å²) in [7, 11) is 1.64. The minimum atomic E-state index is -0.294. The number of allylic oxidation sites excluding steroid dienone is 1. The van der Waals surface area contributed by atoms with Gasteiger partial charge in [0.15, 0.2) is 11.0 Å². The fourth-order valence-corrected chi connectivity index (χ4v) is 3.84. The van der Waals surface area contributed by atoms with Gasteiger partial charge in [0.1, 0.15) is 5.75 Å². The number of carbonyl (C=O) groups excluding carboxylic acids is 1. The van der Waals surface area contributed by atoms with E-state index in [4.69, 9.17) is 4.74 Å². The number of amides is 1. The van der Waals surface area contributed by atoms with Gasteiger partial charge in [-0.15, -0.1) is 16.8 Å². The van der Waals surface area contributed by atoms with Crippen LogP contribution in [0.3, 0.4) is 0 Å². The Morgan fingerprint density at radius 2 is 1.93 bits per heavy atom. The second-order valence-electron chi connectivity index (χ2n) is 6.72. The number of thioether (sulfide) groups is 1. The highest BCUT2D eigenvalue weighted by Crippen LogP contribution is 2.28. The molecule has 30 heavy (non-hydrogen) atoms. The Balaban J connectivity index is 1.65. The van der Waals surface area contributed by atoms with E-state index >= 15 is 0 Å². The summed E-state index contributed by atoms with van der Waals surface area (Å²) in [6.45, 7) is 6.87. The van der Waals surface area contributed by atoms with E-state index in [2.05, 4.69) is 34.2 Å². The molecule has 0 fully saturated rings. The van der Waals surface area contributed by atoms with Crippen molar-refractivity contribution in [2.24, 2.45) is 0 Å². The Bertz CT molecular complexity index is 971. The Labute approximate surface area is 181 Å². The first-order valence-electron chi connectivity index (χ1n) is 9.79. The smallest absolute Gasteiger partial charge is 0.233 e. The van der Waals surface area contributed by atoms with Gasteiger partial charge in [0.05, 0.1) is 12.4 Å². The van der Waals surface area contributed by atoms with Gasteiger partial charge in [-0.1, -0.05) is 48.2 Å². The van der Waals surface area contributed by atoms with Gasteiger partial charge in [-0.3, -0.25) is 9.36 Å². The van der Waals surface area contributed by atoms with Crippen molar-refractivity contribution in [3.8, 4) is 17.1 Å². The molecule has 0 spiro atoms. The fraction of sp³-hybridized carbons (Fsp3) is 0.261. The molecule has 3 rings (SSSR count). The minimum absolute atomic E-state index is 0.0184. The summed E-state index contributed by atoms with van der Waals surface area (Å²) in [5.41, 5.74) is 2.13. The van der Waals surface area contributed by atoms with Crippen molar-refractivity contribution in [3.63, 3.8) is 0 Å². The van der Waals surface area contributed by atoms with E-state index in [9.17, 15) is 4.79 Å². The summed E-state index contributed by atoms with van der Waals surface area (Å²) >= 11 is 1.39. The van der Waals surface area contributed by atoms with E-state index in [0.29, 0.717) is 18.2 Å².